The van der Waals surface area contributed by atoms with Gasteiger partial charge in [-0.05, 0) is 0 Å². The molecule has 3 atom stereocenters. The fourth-order valence-corrected chi connectivity index (χ4v) is 47.2. The van der Waals surface area contributed by atoms with Gasteiger partial charge in [-0.15, -0.1) is 24.8 Å². The summed E-state index contributed by atoms with van der Waals surface area (Å²) in [6, 6.07) is 55.0. The molecular weight excluding hydrogens is 839 g/mol. The van der Waals surface area contributed by atoms with Crippen LogP contribution in [0.5, 0.6) is 0 Å². The molecule has 0 spiro atoms. The minimum absolute atomic E-state index is 0. The third kappa shape index (κ3) is 6.24. The summed E-state index contributed by atoms with van der Waals surface area (Å²) in [5.41, 5.74) is 21.7. The average molecular weight is 896 g/mol. The molecule has 295 valence electrons. The van der Waals surface area contributed by atoms with Crippen LogP contribution < -0.4 is 0 Å². The normalized spacial score (nSPS) is 19.1. The molecule has 0 nitrogen and oxygen atoms in total. The number of benzene rings is 6. The standard InChI is InChI=1S/2C18H17.C16H13.2CH3.2ClH.H2Si.Zr/c2*1-13(2)16-11-15-9-6-10-17(18(15)12-16)14-7-4-3-5-8-14;1-12-10-14-8-5-9-15(16(14)11-12)13-6-3-2-4-7-13;;;;;;/h2*3-13H,1-2H3;2-11H,1H3;2*1H3;2*1H;1H2;. The molecule has 3 aliphatic carbocycles. The molecule has 0 saturated carbocycles. The Kier molecular flexibility index (Phi) is 11.0. The van der Waals surface area contributed by atoms with Crippen molar-refractivity contribution in [2.24, 2.45) is 11.8 Å². The molecule has 0 aromatic heterocycles. The molecular formula is C54H57Cl2SiZr. The maximum atomic E-state index is 2.93. The smallest absolute Gasteiger partial charge is 0.147 e. The molecule has 4 heteroatoms. The Morgan fingerprint density at radius 3 is 1.05 bits per heavy atom. The number of hydrogen-bond donors (Lipinski definition) is 0. The van der Waals surface area contributed by atoms with E-state index in [0.29, 0.717) is 22.7 Å². The van der Waals surface area contributed by atoms with E-state index in [9.17, 15) is 0 Å². The molecule has 0 aliphatic heterocycles. The van der Waals surface area contributed by atoms with Crippen LogP contribution in [-0.4, -0.2) is 6.88 Å². The van der Waals surface area contributed by atoms with Crippen LogP contribution in [0.2, 0.25) is 9.26 Å². The van der Waals surface area contributed by atoms with Gasteiger partial charge in [0.15, 0.2) is 0 Å². The van der Waals surface area contributed by atoms with Crippen LogP contribution in [0.1, 0.15) is 78.9 Å². The fourth-order valence-electron chi connectivity index (χ4n) is 12.5. The zero-order valence-electron chi connectivity index (χ0n) is 35.0. The van der Waals surface area contributed by atoms with Crippen molar-refractivity contribution in [1.82, 2.24) is 0 Å². The zero-order chi connectivity index (χ0) is 39.0. The Balaban J connectivity index is 0.00000256. The SMILES string of the molecule is CC1=Cc2c(-c3ccccc3)cccc2[CH]1[Zr]([CH3])([CH3])(=[SiH2])([CH]1C(C(C)C)=Cc2c(-c3ccccc3)cccc21)[CH]1C(C(C)C)=Cc2c(-c3ccccc3)cccc21.Cl.Cl. The molecule has 0 fully saturated rings. The summed E-state index contributed by atoms with van der Waals surface area (Å²) < 4.78 is 6.80. The van der Waals surface area contributed by atoms with Crippen molar-refractivity contribution in [2.45, 2.75) is 54.8 Å². The molecule has 3 unspecified atom stereocenters. The summed E-state index contributed by atoms with van der Waals surface area (Å²) in [6.07, 6.45) is 7.91. The Morgan fingerprint density at radius 1 is 0.414 bits per heavy atom. The number of rotatable bonds is 8. The van der Waals surface area contributed by atoms with Gasteiger partial charge in [0.25, 0.3) is 0 Å². The van der Waals surface area contributed by atoms with E-state index in [1.165, 1.54) is 61.2 Å². The average Bonchev–Trinajstić information content (AvgIpc) is 3.92. The van der Waals surface area contributed by atoms with E-state index >= 15 is 0 Å². The monoisotopic (exact) mass is 893 g/mol. The van der Waals surface area contributed by atoms with Gasteiger partial charge in [0.1, 0.15) is 0 Å². The molecule has 0 heterocycles. The van der Waals surface area contributed by atoms with E-state index in [1.54, 1.807) is 22.3 Å². The Labute approximate surface area is 358 Å². The number of hydrogen-bond acceptors (Lipinski definition) is 0. The summed E-state index contributed by atoms with van der Waals surface area (Å²) >= 11 is -5.21. The van der Waals surface area contributed by atoms with Crippen LogP contribution in [0.3, 0.4) is 0 Å². The maximum absolute atomic E-state index is 5.21. The molecule has 0 radical (unpaired) electrons. The first-order valence-corrected chi connectivity index (χ1v) is 35.9. The first-order valence-electron chi connectivity index (χ1n) is 20.8. The van der Waals surface area contributed by atoms with Crippen molar-refractivity contribution >= 4 is 49.9 Å². The molecule has 6 aromatic rings. The minimum atomic E-state index is -5.21. The van der Waals surface area contributed by atoms with Crippen molar-refractivity contribution < 1.29 is 15.9 Å². The maximum Gasteiger partial charge on any atom is -0.147 e. The van der Waals surface area contributed by atoms with Gasteiger partial charge in [0.2, 0.25) is 0 Å². The number of halogens is 2. The molecule has 6 aromatic carbocycles. The van der Waals surface area contributed by atoms with E-state index in [4.69, 9.17) is 0 Å². The molecule has 0 amide bonds. The molecule has 0 bridgehead atoms. The predicted octanol–water partition coefficient (Wildman–Crippen LogP) is 15.4. The molecule has 0 saturated heterocycles. The third-order valence-corrected chi connectivity index (χ3v) is 43.1. The van der Waals surface area contributed by atoms with Gasteiger partial charge in [0.05, 0.1) is 0 Å². The predicted molar refractivity (Wildman–Crippen MR) is 258 cm³/mol. The Morgan fingerprint density at radius 2 is 0.724 bits per heavy atom. The van der Waals surface area contributed by atoms with Crippen LogP contribution >= 0.6 is 24.8 Å². The first-order chi connectivity index (χ1) is 26.8. The summed E-state index contributed by atoms with van der Waals surface area (Å²) in [4.78, 5) is 0. The van der Waals surface area contributed by atoms with Crippen molar-refractivity contribution in [3.05, 3.63) is 196 Å². The summed E-state index contributed by atoms with van der Waals surface area (Å²) in [5, 5.41) is 0. The van der Waals surface area contributed by atoms with Gasteiger partial charge in [-0.3, -0.25) is 0 Å². The fraction of sp³-hybridized carbons (Fsp3) is 0.222. The second-order valence-electron chi connectivity index (χ2n) is 19.4. The van der Waals surface area contributed by atoms with E-state index in [0.717, 1.165) is 0 Å². The quantitative estimate of drug-likeness (QED) is 0.134. The molecule has 58 heavy (non-hydrogen) atoms. The van der Waals surface area contributed by atoms with Crippen molar-refractivity contribution in [3.63, 3.8) is 0 Å². The van der Waals surface area contributed by atoms with Crippen LogP contribution in [0.15, 0.2) is 162 Å². The molecule has 0 N–H and O–H groups in total. The van der Waals surface area contributed by atoms with Crippen LogP contribution in [0.4, 0.5) is 0 Å². The number of fused-ring (bicyclic) bond motifs is 3. The molecule has 9 rings (SSSR count). The summed E-state index contributed by atoms with van der Waals surface area (Å²) in [5.74, 6) is 0.791. The largest absolute Gasteiger partial charge is 0.147 e. The Bertz CT molecular complexity index is 2610. The van der Waals surface area contributed by atoms with Crippen LogP contribution in [-0.2, 0) is 15.9 Å². The first kappa shape index (κ1) is 42.3. The van der Waals surface area contributed by atoms with Crippen molar-refractivity contribution in [1.29, 1.82) is 0 Å². The second kappa shape index (κ2) is 15.0. The van der Waals surface area contributed by atoms with E-state index < -0.39 is 15.9 Å². The van der Waals surface area contributed by atoms with Gasteiger partial charge in [0, 0.05) is 0 Å². The minimum Gasteiger partial charge on any atom is -0.147 e. The van der Waals surface area contributed by atoms with Crippen molar-refractivity contribution in [2.75, 3.05) is 0 Å². The van der Waals surface area contributed by atoms with Crippen LogP contribution in [0.25, 0.3) is 51.6 Å². The summed E-state index contributed by atoms with van der Waals surface area (Å²) in [7, 11) is 0. The Hall–Kier alpha value is -3.78. The third-order valence-electron chi connectivity index (χ3n) is 14.4. The zero-order valence-corrected chi connectivity index (χ0v) is 40.5. The number of allylic oxidation sites excluding steroid dienone is 3. The second-order valence-corrected chi connectivity index (χ2v) is 59.1. The van der Waals surface area contributed by atoms with Gasteiger partial charge in [-0.1, -0.05) is 0 Å². The van der Waals surface area contributed by atoms with Gasteiger partial charge in [-0.2, -0.15) is 0 Å². The topological polar surface area (TPSA) is 0 Å². The van der Waals surface area contributed by atoms with Gasteiger partial charge < -0.3 is 0 Å². The van der Waals surface area contributed by atoms with E-state index in [1.807, 2.05) is 0 Å². The molecule has 3 aliphatic rings. The van der Waals surface area contributed by atoms with E-state index in [-0.39, 0.29) is 24.8 Å². The van der Waals surface area contributed by atoms with Gasteiger partial charge >= 0.3 is 337 Å². The summed E-state index contributed by atoms with van der Waals surface area (Å²) in [6.45, 7) is 14.9. The van der Waals surface area contributed by atoms with Gasteiger partial charge in [-0.25, -0.2) is 0 Å². The van der Waals surface area contributed by atoms with Crippen LogP contribution in [0, 0.1) is 11.8 Å². The van der Waals surface area contributed by atoms with E-state index in [2.05, 4.69) is 215 Å². The van der Waals surface area contributed by atoms with Crippen molar-refractivity contribution in [3.8, 4) is 33.4 Å².